The standard InChI is InChI=1S/C10H11ClN2O/c1-2-3-6-12-10(14)9-5-4-8(11)7-13-9/h2,4-5,7H,1,3,6H2,(H,12,14). The molecule has 0 bridgehead atoms. The Hall–Kier alpha value is -1.35. The molecule has 4 heteroatoms. The summed E-state index contributed by atoms with van der Waals surface area (Å²) in [6.45, 7) is 4.13. The Morgan fingerprint density at radius 3 is 3.00 bits per heavy atom. The lowest BCUT2D eigenvalue weighted by Crippen LogP contribution is -2.24. The number of hydrogen-bond donors (Lipinski definition) is 1. The summed E-state index contributed by atoms with van der Waals surface area (Å²) in [5.74, 6) is -0.191. The minimum absolute atomic E-state index is 0.191. The van der Waals surface area contributed by atoms with Crippen LogP contribution in [-0.4, -0.2) is 17.4 Å². The largest absolute Gasteiger partial charge is 0.350 e. The number of nitrogens with zero attached hydrogens (tertiary/aromatic N) is 1. The van der Waals surface area contributed by atoms with Gasteiger partial charge in [0.1, 0.15) is 5.69 Å². The number of aromatic nitrogens is 1. The van der Waals surface area contributed by atoms with Crippen LogP contribution in [0.5, 0.6) is 0 Å². The van der Waals surface area contributed by atoms with Crippen molar-refractivity contribution in [2.24, 2.45) is 0 Å². The van der Waals surface area contributed by atoms with Crippen LogP contribution in [0.4, 0.5) is 0 Å². The first-order valence-corrected chi connectivity index (χ1v) is 4.62. The van der Waals surface area contributed by atoms with E-state index in [2.05, 4.69) is 16.9 Å². The minimum atomic E-state index is -0.191. The Bertz CT molecular complexity index is 321. The van der Waals surface area contributed by atoms with E-state index < -0.39 is 0 Å². The molecule has 0 aliphatic heterocycles. The van der Waals surface area contributed by atoms with Gasteiger partial charge in [-0.2, -0.15) is 0 Å². The van der Waals surface area contributed by atoms with Gasteiger partial charge in [-0.1, -0.05) is 17.7 Å². The number of carbonyl (C=O) groups excluding carboxylic acids is 1. The molecule has 3 nitrogen and oxygen atoms in total. The highest BCUT2D eigenvalue weighted by molar-refractivity contribution is 6.30. The summed E-state index contributed by atoms with van der Waals surface area (Å²) in [6.07, 6.45) is 3.94. The smallest absolute Gasteiger partial charge is 0.269 e. The summed E-state index contributed by atoms with van der Waals surface area (Å²) < 4.78 is 0. The molecule has 14 heavy (non-hydrogen) atoms. The van der Waals surface area contributed by atoms with Gasteiger partial charge in [0.25, 0.3) is 5.91 Å². The second-order valence-electron chi connectivity index (χ2n) is 2.69. The van der Waals surface area contributed by atoms with E-state index in [9.17, 15) is 4.79 Å². The van der Waals surface area contributed by atoms with Crippen molar-refractivity contribution in [2.75, 3.05) is 6.54 Å². The maximum Gasteiger partial charge on any atom is 0.269 e. The zero-order chi connectivity index (χ0) is 10.4. The van der Waals surface area contributed by atoms with Crippen LogP contribution >= 0.6 is 11.6 Å². The van der Waals surface area contributed by atoms with Gasteiger partial charge in [-0.25, -0.2) is 4.98 Å². The van der Waals surface area contributed by atoms with Gasteiger partial charge < -0.3 is 5.32 Å². The highest BCUT2D eigenvalue weighted by Crippen LogP contribution is 2.05. The average molecular weight is 211 g/mol. The van der Waals surface area contributed by atoms with Crippen LogP contribution in [0.2, 0.25) is 5.02 Å². The first-order valence-electron chi connectivity index (χ1n) is 4.24. The molecule has 0 saturated heterocycles. The summed E-state index contributed by atoms with van der Waals surface area (Å²) >= 11 is 5.64. The Balaban J connectivity index is 2.52. The predicted molar refractivity (Wildman–Crippen MR) is 56.4 cm³/mol. The van der Waals surface area contributed by atoms with Crippen LogP contribution in [0.3, 0.4) is 0 Å². The number of halogens is 1. The van der Waals surface area contributed by atoms with E-state index in [0.717, 1.165) is 6.42 Å². The fourth-order valence-corrected chi connectivity index (χ4v) is 1.00. The lowest BCUT2D eigenvalue weighted by molar-refractivity contribution is 0.0949. The lowest BCUT2D eigenvalue weighted by atomic mass is 10.3. The van der Waals surface area contributed by atoms with Gasteiger partial charge in [-0.05, 0) is 18.6 Å². The van der Waals surface area contributed by atoms with E-state index >= 15 is 0 Å². The maximum atomic E-state index is 11.4. The molecule has 0 saturated carbocycles. The van der Waals surface area contributed by atoms with Gasteiger partial charge >= 0.3 is 0 Å². The third kappa shape index (κ3) is 3.18. The molecule has 74 valence electrons. The fraction of sp³-hybridized carbons (Fsp3) is 0.200. The predicted octanol–water partition coefficient (Wildman–Crippen LogP) is 2.04. The summed E-state index contributed by atoms with van der Waals surface area (Å²) in [6, 6.07) is 3.22. The minimum Gasteiger partial charge on any atom is -0.350 e. The molecule has 0 atom stereocenters. The van der Waals surface area contributed by atoms with Gasteiger partial charge in [-0.3, -0.25) is 4.79 Å². The van der Waals surface area contributed by atoms with Crippen LogP contribution < -0.4 is 5.32 Å². The fourth-order valence-electron chi connectivity index (χ4n) is 0.888. The Labute approximate surface area is 87.8 Å². The van der Waals surface area contributed by atoms with Crippen LogP contribution in [0.1, 0.15) is 16.9 Å². The SMILES string of the molecule is C=CCCNC(=O)c1ccc(Cl)cn1. The molecule has 0 aromatic carbocycles. The van der Waals surface area contributed by atoms with Crippen molar-refractivity contribution >= 4 is 17.5 Å². The molecule has 0 aliphatic rings. The first-order chi connectivity index (χ1) is 6.74. The summed E-state index contributed by atoms with van der Waals surface area (Å²) in [5, 5.41) is 3.22. The quantitative estimate of drug-likeness (QED) is 0.611. The van der Waals surface area contributed by atoms with E-state index in [4.69, 9.17) is 11.6 Å². The van der Waals surface area contributed by atoms with Crippen molar-refractivity contribution < 1.29 is 4.79 Å². The third-order valence-corrected chi connectivity index (χ3v) is 1.82. The van der Waals surface area contributed by atoms with Crippen LogP contribution in [-0.2, 0) is 0 Å². The zero-order valence-corrected chi connectivity index (χ0v) is 8.42. The maximum absolute atomic E-state index is 11.4. The van der Waals surface area contributed by atoms with E-state index in [1.165, 1.54) is 6.20 Å². The Morgan fingerprint density at radius 2 is 2.43 bits per heavy atom. The second kappa shape index (κ2) is 5.40. The van der Waals surface area contributed by atoms with Gasteiger partial charge in [0, 0.05) is 12.7 Å². The van der Waals surface area contributed by atoms with Crippen LogP contribution in [0.15, 0.2) is 31.0 Å². The molecule has 0 fully saturated rings. The highest BCUT2D eigenvalue weighted by Gasteiger charge is 2.04. The van der Waals surface area contributed by atoms with Crippen molar-refractivity contribution in [1.29, 1.82) is 0 Å². The third-order valence-electron chi connectivity index (χ3n) is 1.59. The molecule has 1 aromatic heterocycles. The zero-order valence-electron chi connectivity index (χ0n) is 7.66. The van der Waals surface area contributed by atoms with Gasteiger partial charge in [0.05, 0.1) is 5.02 Å². The summed E-state index contributed by atoms with van der Waals surface area (Å²) in [7, 11) is 0. The van der Waals surface area contributed by atoms with E-state index in [-0.39, 0.29) is 5.91 Å². The number of hydrogen-bond acceptors (Lipinski definition) is 2. The molecular formula is C10H11ClN2O. The van der Waals surface area contributed by atoms with Gasteiger partial charge in [0.2, 0.25) is 0 Å². The molecule has 0 aliphatic carbocycles. The van der Waals surface area contributed by atoms with Crippen molar-refractivity contribution in [3.63, 3.8) is 0 Å². The van der Waals surface area contributed by atoms with Gasteiger partial charge in [0.15, 0.2) is 0 Å². The molecule has 1 heterocycles. The molecule has 1 aromatic rings. The lowest BCUT2D eigenvalue weighted by Gasteiger charge is -2.01. The second-order valence-corrected chi connectivity index (χ2v) is 3.13. The molecule has 1 rings (SSSR count). The van der Waals surface area contributed by atoms with E-state index in [0.29, 0.717) is 17.3 Å². The van der Waals surface area contributed by atoms with E-state index in [1.54, 1.807) is 18.2 Å². The van der Waals surface area contributed by atoms with Crippen LogP contribution in [0.25, 0.3) is 0 Å². The number of nitrogens with one attached hydrogen (secondary N) is 1. The Morgan fingerprint density at radius 1 is 1.64 bits per heavy atom. The average Bonchev–Trinajstić information content (AvgIpc) is 2.19. The number of pyridine rings is 1. The first kappa shape index (κ1) is 10.7. The van der Waals surface area contributed by atoms with Crippen molar-refractivity contribution in [3.05, 3.63) is 41.7 Å². The van der Waals surface area contributed by atoms with Crippen molar-refractivity contribution in [1.82, 2.24) is 10.3 Å². The number of amides is 1. The molecule has 1 amide bonds. The molecule has 1 N–H and O–H groups in total. The monoisotopic (exact) mass is 210 g/mol. The topological polar surface area (TPSA) is 42.0 Å². The number of carbonyl (C=O) groups is 1. The van der Waals surface area contributed by atoms with Crippen LogP contribution in [0, 0.1) is 0 Å². The Kier molecular flexibility index (Phi) is 4.13. The number of rotatable bonds is 4. The van der Waals surface area contributed by atoms with Crippen molar-refractivity contribution in [3.8, 4) is 0 Å². The summed E-state index contributed by atoms with van der Waals surface area (Å²) in [5.41, 5.74) is 0.374. The highest BCUT2D eigenvalue weighted by atomic mass is 35.5. The molecule has 0 spiro atoms. The summed E-state index contributed by atoms with van der Waals surface area (Å²) in [4.78, 5) is 15.3. The molecule has 0 radical (unpaired) electrons. The van der Waals surface area contributed by atoms with Gasteiger partial charge in [-0.15, -0.1) is 6.58 Å². The normalized spacial score (nSPS) is 9.50. The van der Waals surface area contributed by atoms with E-state index in [1.807, 2.05) is 0 Å². The molecular weight excluding hydrogens is 200 g/mol. The van der Waals surface area contributed by atoms with Crippen molar-refractivity contribution in [2.45, 2.75) is 6.42 Å². The molecule has 0 unspecified atom stereocenters.